The van der Waals surface area contributed by atoms with Gasteiger partial charge in [-0.3, -0.25) is 0 Å². The molecule has 0 bridgehead atoms. The number of rotatable bonds is 11. The molecule has 0 saturated carbocycles. The topological polar surface area (TPSA) is 137 Å². The molecule has 0 fully saturated rings. The van der Waals surface area contributed by atoms with Crippen LogP contribution in [0.1, 0.15) is 60.5 Å². The van der Waals surface area contributed by atoms with E-state index in [2.05, 4.69) is 5.32 Å². The van der Waals surface area contributed by atoms with Crippen molar-refractivity contribution >= 4 is 24.0 Å². The lowest BCUT2D eigenvalue weighted by Gasteiger charge is -2.28. The van der Waals surface area contributed by atoms with Crippen molar-refractivity contribution < 1.29 is 43.2 Å². The van der Waals surface area contributed by atoms with E-state index in [1.807, 2.05) is 13.0 Å². The van der Waals surface area contributed by atoms with Crippen molar-refractivity contribution in [2.45, 2.75) is 91.4 Å². The number of hydrogen-bond acceptors (Lipinski definition) is 9. The van der Waals surface area contributed by atoms with Crippen LogP contribution in [-0.2, 0) is 39.9 Å². The van der Waals surface area contributed by atoms with Gasteiger partial charge in [0.1, 0.15) is 12.2 Å². The molecule has 0 aliphatic rings. The van der Waals surface area contributed by atoms with E-state index >= 15 is 0 Å². The number of aliphatic hydroxyl groups excluding tert-OH is 1. The zero-order valence-electron chi connectivity index (χ0n) is 21.4. The second kappa shape index (κ2) is 13.7. The summed E-state index contributed by atoms with van der Waals surface area (Å²) in [5, 5.41) is 12.2. The molecule has 0 aromatic heterocycles. The molecule has 0 spiro atoms. The van der Waals surface area contributed by atoms with Gasteiger partial charge < -0.3 is 29.4 Å². The van der Waals surface area contributed by atoms with Crippen LogP contribution >= 0.6 is 0 Å². The van der Waals surface area contributed by atoms with Crippen molar-refractivity contribution in [1.29, 1.82) is 0 Å². The van der Waals surface area contributed by atoms with E-state index in [0.717, 1.165) is 5.56 Å². The van der Waals surface area contributed by atoms with Gasteiger partial charge in [0.2, 0.25) is 6.10 Å². The van der Waals surface area contributed by atoms with Gasteiger partial charge in [-0.05, 0) is 46.6 Å². The van der Waals surface area contributed by atoms with Crippen LogP contribution in [0.4, 0.5) is 4.79 Å². The van der Waals surface area contributed by atoms with Gasteiger partial charge in [-0.2, -0.15) is 0 Å². The van der Waals surface area contributed by atoms with E-state index in [-0.39, 0.29) is 12.5 Å². The van der Waals surface area contributed by atoms with E-state index < -0.39 is 54.0 Å². The maximum atomic E-state index is 12.6. The molecule has 1 aromatic carbocycles. The van der Waals surface area contributed by atoms with Crippen LogP contribution in [0.25, 0.3) is 0 Å². The highest BCUT2D eigenvalue weighted by Crippen LogP contribution is 2.18. The highest BCUT2D eigenvalue weighted by molar-refractivity contribution is 5.86. The van der Waals surface area contributed by atoms with Crippen molar-refractivity contribution in [2.75, 3.05) is 0 Å². The quantitative estimate of drug-likeness (QED) is 0.350. The number of nitrogens with one attached hydrogen (secondary N) is 1. The van der Waals surface area contributed by atoms with Gasteiger partial charge in [-0.1, -0.05) is 44.2 Å². The normalized spacial score (nSPS) is 15.5. The maximum Gasteiger partial charge on any atom is 0.408 e. The molecule has 1 aromatic rings. The molecule has 2 N–H and O–H groups in total. The van der Waals surface area contributed by atoms with Crippen LogP contribution < -0.4 is 5.32 Å². The van der Waals surface area contributed by atoms with E-state index in [1.165, 1.54) is 13.8 Å². The van der Waals surface area contributed by atoms with E-state index in [1.54, 1.807) is 52.0 Å². The number of amides is 1. The molecule has 196 valence electrons. The Hall–Kier alpha value is -3.14. The zero-order chi connectivity index (χ0) is 26.8. The van der Waals surface area contributed by atoms with Crippen molar-refractivity contribution in [3.63, 3.8) is 0 Å². The maximum absolute atomic E-state index is 12.6. The number of benzene rings is 1. The smallest absolute Gasteiger partial charge is 0.408 e. The summed E-state index contributed by atoms with van der Waals surface area (Å²) in [5.41, 5.74) is -0.0468. The molecule has 0 aliphatic heterocycles. The summed E-state index contributed by atoms with van der Waals surface area (Å²) in [6.45, 7) is 11.1. The Morgan fingerprint density at radius 1 is 0.943 bits per heavy atom. The standard InChI is InChI=1S/C25H37NO9/c1-8-15(2)20(23(30)35-25(5,6)7)34-21(28)17(4)33-22(29)19(16(3)27)26-24(31)32-14-18-12-10-9-11-13-18/h9-13,15-17,19-20,27H,8,14H2,1-7H3,(H,26,31)/t15?,16-,17+,19+,20+/m1/s1. The fraction of sp³-hybridized carbons (Fsp3) is 0.600. The van der Waals surface area contributed by atoms with E-state index in [0.29, 0.717) is 6.42 Å². The van der Waals surface area contributed by atoms with Crippen molar-refractivity contribution in [1.82, 2.24) is 5.32 Å². The number of aliphatic hydroxyl groups is 1. The highest BCUT2D eigenvalue weighted by Gasteiger charge is 2.36. The molecule has 5 atom stereocenters. The fourth-order valence-electron chi connectivity index (χ4n) is 2.76. The molecular weight excluding hydrogens is 458 g/mol. The Morgan fingerprint density at radius 2 is 1.54 bits per heavy atom. The Balaban J connectivity index is 2.74. The number of carbonyl (C=O) groups excluding carboxylic acids is 4. The average Bonchev–Trinajstić information content (AvgIpc) is 2.77. The molecule has 10 heteroatoms. The van der Waals surface area contributed by atoms with Gasteiger partial charge >= 0.3 is 24.0 Å². The average molecular weight is 496 g/mol. The summed E-state index contributed by atoms with van der Waals surface area (Å²) in [6.07, 6.45) is -4.37. The van der Waals surface area contributed by atoms with Crippen molar-refractivity contribution in [3.8, 4) is 0 Å². The second-order valence-electron chi connectivity index (χ2n) is 9.28. The minimum absolute atomic E-state index is 0.0430. The lowest BCUT2D eigenvalue weighted by atomic mass is 10.0. The lowest BCUT2D eigenvalue weighted by Crippen LogP contribution is -2.50. The summed E-state index contributed by atoms with van der Waals surface area (Å²) in [5.74, 6) is -3.09. The van der Waals surface area contributed by atoms with Gasteiger partial charge in [0.15, 0.2) is 12.1 Å². The van der Waals surface area contributed by atoms with Crippen LogP contribution in [0, 0.1) is 5.92 Å². The number of ether oxygens (including phenoxy) is 4. The van der Waals surface area contributed by atoms with Gasteiger partial charge in [0.25, 0.3) is 0 Å². The first kappa shape index (κ1) is 29.9. The summed E-state index contributed by atoms with van der Waals surface area (Å²) in [4.78, 5) is 49.7. The molecule has 0 saturated heterocycles. The van der Waals surface area contributed by atoms with Crippen LogP contribution in [0.15, 0.2) is 30.3 Å². The number of alkyl carbamates (subject to hydrolysis) is 1. The fourth-order valence-corrected chi connectivity index (χ4v) is 2.76. The molecule has 1 unspecified atom stereocenters. The third-order valence-corrected chi connectivity index (χ3v) is 4.89. The first-order valence-corrected chi connectivity index (χ1v) is 11.5. The molecule has 1 amide bonds. The van der Waals surface area contributed by atoms with Gasteiger partial charge in [-0.25, -0.2) is 19.2 Å². The first-order chi connectivity index (χ1) is 16.2. The van der Waals surface area contributed by atoms with Crippen LogP contribution in [0.3, 0.4) is 0 Å². The van der Waals surface area contributed by atoms with Gasteiger partial charge in [-0.15, -0.1) is 0 Å². The predicted octanol–water partition coefficient (Wildman–Crippen LogP) is 2.89. The largest absolute Gasteiger partial charge is 0.457 e. The number of hydrogen-bond donors (Lipinski definition) is 2. The zero-order valence-corrected chi connectivity index (χ0v) is 21.4. The summed E-state index contributed by atoms with van der Waals surface area (Å²) in [6, 6.07) is 7.39. The molecule has 10 nitrogen and oxygen atoms in total. The monoisotopic (exact) mass is 495 g/mol. The SMILES string of the molecule is CCC(C)[C@H](OC(=O)[C@H](C)OC(=O)[C@@H](NC(=O)OCc1ccccc1)[C@@H](C)O)C(=O)OC(C)(C)C. The molecule has 0 heterocycles. The van der Waals surface area contributed by atoms with E-state index in [9.17, 15) is 24.3 Å². The van der Waals surface area contributed by atoms with E-state index in [4.69, 9.17) is 18.9 Å². The molecule has 35 heavy (non-hydrogen) atoms. The minimum Gasteiger partial charge on any atom is -0.457 e. The predicted molar refractivity (Wildman–Crippen MR) is 126 cm³/mol. The number of esters is 3. The molecule has 1 rings (SSSR count). The number of carbonyl (C=O) groups is 4. The van der Waals surface area contributed by atoms with Gasteiger partial charge in [0.05, 0.1) is 6.10 Å². The molecule has 0 radical (unpaired) electrons. The Morgan fingerprint density at radius 3 is 2.06 bits per heavy atom. The van der Waals surface area contributed by atoms with Crippen LogP contribution in [-0.4, -0.2) is 59.1 Å². The Labute approximate surface area is 206 Å². The molecular formula is C25H37NO9. The summed E-state index contributed by atoms with van der Waals surface area (Å²) >= 11 is 0. The Kier molecular flexibility index (Phi) is 11.7. The third-order valence-electron chi connectivity index (χ3n) is 4.89. The molecule has 0 aliphatic carbocycles. The van der Waals surface area contributed by atoms with Crippen LogP contribution in [0.5, 0.6) is 0 Å². The minimum atomic E-state index is -1.50. The summed E-state index contributed by atoms with van der Waals surface area (Å²) < 4.78 is 20.8. The third kappa shape index (κ3) is 10.8. The van der Waals surface area contributed by atoms with Gasteiger partial charge in [0, 0.05) is 5.92 Å². The second-order valence-corrected chi connectivity index (χ2v) is 9.28. The highest BCUT2D eigenvalue weighted by atomic mass is 16.6. The Bertz CT molecular complexity index is 848. The van der Waals surface area contributed by atoms with Crippen molar-refractivity contribution in [2.24, 2.45) is 5.92 Å². The lowest BCUT2D eigenvalue weighted by molar-refractivity contribution is -0.186. The summed E-state index contributed by atoms with van der Waals surface area (Å²) in [7, 11) is 0. The van der Waals surface area contributed by atoms with Crippen LogP contribution in [0.2, 0.25) is 0 Å². The first-order valence-electron chi connectivity index (χ1n) is 11.5. The van der Waals surface area contributed by atoms with Crippen molar-refractivity contribution in [3.05, 3.63) is 35.9 Å².